The Bertz CT molecular complexity index is 718. The summed E-state index contributed by atoms with van der Waals surface area (Å²) in [6.45, 7) is 0.431. The Labute approximate surface area is 122 Å². The predicted octanol–water partition coefficient (Wildman–Crippen LogP) is -0.371. The molecule has 2 aromatic rings. The lowest BCUT2D eigenvalue weighted by Gasteiger charge is -2.04. The zero-order chi connectivity index (χ0) is 15.5. The van der Waals surface area contributed by atoms with E-state index in [2.05, 4.69) is 20.0 Å². The molecule has 0 fully saturated rings. The topological polar surface area (TPSA) is 109 Å². The molecule has 0 unspecified atom stereocenters. The van der Waals surface area contributed by atoms with Crippen LogP contribution in [-0.4, -0.2) is 42.5 Å². The van der Waals surface area contributed by atoms with Crippen LogP contribution in [0.4, 0.5) is 0 Å². The number of hydrogen-bond donors (Lipinski definition) is 3. The van der Waals surface area contributed by atoms with Gasteiger partial charge in [-0.25, -0.2) is 18.1 Å². The van der Waals surface area contributed by atoms with Crippen molar-refractivity contribution < 1.29 is 13.2 Å². The lowest BCUT2D eigenvalue weighted by Crippen LogP contribution is -2.27. The third-order valence-electron chi connectivity index (χ3n) is 3.03. The molecule has 2 rings (SSSR count). The minimum atomic E-state index is -3.55. The highest BCUT2D eigenvalue weighted by Crippen LogP contribution is 2.12. The second-order valence-electron chi connectivity index (χ2n) is 4.46. The maximum atomic E-state index is 12.0. The predicted molar refractivity (Wildman–Crippen MR) is 76.3 cm³/mol. The number of aromatic nitrogens is 3. The lowest BCUT2D eigenvalue weighted by molar-refractivity contribution is 0.0946. The quantitative estimate of drug-likeness (QED) is 0.676. The summed E-state index contributed by atoms with van der Waals surface area (Å²) in [6.07, 6.45) is 5.28. The molecule has 0 atom stereocenters. The van der Waals surface area contributed by atoms with Gasteiger partial charge >= 0.3 is 0 Å². The summed E-state index contributed by atoms with van der Waals surface area (Å²) in [5, 5.41) is 2.74. The van der Waals surface area contributed by atoms with Gasteiger partial charge in [0.1, 0.15) is 10.6 Å². The number of aromatic amines is 1. The number of nitrogens with one attached hydrogen (secondary N) is 3. The van der Waals surface area contributed by atoms with Crippen molar-refractivity contribution in [2.45, 2.75) is 11.3 Å². The van der Waals surface area contributed by atoms with Crippen LogP contribution in [-0.2, 0) is 23.5 Å². The molecule has 114 valence electrons. The number of sulfonamides is 1. The van der Waals surface area contributed by atoms with Crippen molar-refractivity contribution in [2.75, 3.05) is 13.6 Å². The Hall–Kier alpha value is -2.13. The number of amides is 1. The number of nitrogens with zero attached hydrogens (tertiary/aromatic N) is 2. The van der Waals surface area contributed by atoms with Gasteiger partial charge in [0.05, 0.1) is 6.33 Å². The van der Waals surface area contributed by atoms with Crippen LogP contribution < -0.4 is 10.0 Å². The SMILES string of the molecule is CNS(=O)(=O)c1cc(C(=O)NCCc2cnc[nH]2)n(C)c1. The van der Waals surface area contributed by atoms with Gasteiger partial charge in [-0.1, -0.05) is 0 Å². The van der Waals surface area contributed by atoms with E-state index in [1.54, 1.807) is 19.6 Å². The van der Waals surface area contributed by atoms with Crippen LogP contribution in [0.15, 0.2) is 29.7 Å². The van der Waals surface area contributed by atoms with Crippen molar-refractivity contribution in [3.8, 4) is 0 Å². The van der Waals surface area contributed by atoms with Crippen molar-refractivity contribution in [1.82, 2.24) is 24.6 Å². The average Bonchev–Trinajstić information content (AvgIpc) is 3.08. The summed E-state index contributed by atoms with van der Waals surface area (Å²) in [5.41, 5.74) is 1.20. The number of hydrogen-bond acceptors (Lipinski definition) is 4. The van der Waals surface area contributed by atoms with Gasteiger partial charge in [-0.2, -0.15) is 0 Å². The van der Waals surface area contributed by atoms with Crippen LogP contribution in [0.25, 0.3) is 0 Å². The third-order valence-corrected chi connectivity index (χ3v) is 4.41. The Morgan fingerprint density at radius 1 is 1.48 bits per heavy atom. The van der Waals surface area contributed by atoms with Crippen LogP contribution >= 0.6 is 0 Å². The lowest BCUT2D eigenvalue weighted by atomic mass is 10.3. The van der Waals surface area contributed by atoms with Crippen LogP contribution in [0.1, 0.15) is 16.2 Å². The smallest absolute Gasteiger partial charge is 0.267 e. The van der Waals surface area contributed by atoms with Crippen molar-refractivity contribution in [2.24, 2.45) is 7.05 Å². The molecule has 0 radical (unpaired) electrons. The standard InChI is InChI=1S/C12H17N5O3S/c1-13-21(19,20)10-5-11(17(2)7-10)12(18)15-4-3-9-6-14-8-16-9/h5-8,13H,3-4H2,1-2H3,(H,14,16)(H,15,18). The first-order chi connectivity index (χ1) is 9.94. The molecule has 0 aromatic carbocycles. The van der Waals surface area contributed by atoms with E-state index in [9.17, 15) is 13.2 Å². The van der Waals surface area contributed by atoms with Crippen LogP contribution in [0.2, 0.25) is 0 Å². The largest absolute Gasteiger partial charge is 0.350 e. The van der Waals surface area contributed by atoms with Crippen LogP contribution in [0, 0.1) is 0 Å². The minimum Gasteiger partial charge on any atom is -0.350 e. The molecule has 0 saturated heterocycles. The van der Waals surface area contributed by atoms with Gasteiger partial charge in [-0.15, -0.1) is 0 Å². The second kappa shape index (κ2) is 6.10. The highest BCUT2D eigenvalue weighted by Gasteiger charge is 2.18. The number of H-pyrrole nitrogens is 1. The fraction of sp³-hybridized carbons (Fsp3) is 0.333. The van der Waals surface area contributed by atoms with E-state index >= 15 is 0 Å². The molecule has 3 N–H and O–H groups in total. The molecule has 8 nitrogen and oxygen atoms in total. The van der Waals surface area contributed by atoms with E-state index in [1.165, 1.54) is 23.9 Å². The monoisotopic (exact) mass is 311 g/mol. The minimum absolute atomic E-state index is 0.0613. The van der Waals surface area contributed by atoms with Crippen molar-refractivity contribution in [3.05, 3.63) is 36.2 Å². The number of carbonyl (C=O) groups excluding carboxylic acids is 1. The Kier molecular flexibility index (Phi) is 4.43. The van der Waals surface area contributed by atoms with Crippen LogP contribution in [0.5, 0.6) is 0 Å². The molecular formula is C12H17N5O3S. The molecule has 9 heteroatoms. The van der Waals surface area contributed by atoms with E-state index in [1.807, 2.05) is 0 Å². The van der Waals surface area contributed by atoms with Gasteiger partial charge in [0.15, 0.2) is 0 Å². The molecule has 0 aliphatic carbocycles. The van der Waals surface area contributed by atoms with Gasteiger partial charge < -0.3 is 14.9 Å². The zero-order valence-electron chi connectivity index (χ0n) is 11.8. The van der Waals surface area contributed by atoms with E-state index in [-0.39, 0.29) is 16.5 Å². The zero-order valence-corrected chi connectivity index (χ0v) is 12.6. The van der Waals surface area contributed by atoms with Crippen molar-refractivity contribution in [1.29, 1.82) is 0 Å². The number of aryl methyl sites for hydroxylation is 1. The second-order valence-corrected chi connectivity index (χ2v) is 6.35. The summed E-state index contributed by atoms with van der Waals surface area (Å²) in [6, 6.07) is 1.34. The fourth-order valence-electron chi connectivity index (χ4n) is 1.85. The van der Waals surface area contributed by atoms with Crippen molar-refractivity contribution in [3.63, 3.8) is 0 Å². The Morgan fingerprint density at radius 2 is 2.24 bits per heavy atom. The first-order valence-electron chi connectivity index (χ1n) is 6.29. The van der Waals surface area contributed by atoms with E-state index < -0.39 is 10.0 Å². The van der Waals surface area contributed by atoms with Gasteiger partial charge in [0.2, 0.25) is 10.0 Å². The van der Waals surface area contributed by atoms with E-state index in [0.717, 1.165) is 5.69 Å². The molecule has 0 spiro atoms. The molecule has 0 aliphatic rings. The fourth-order valence-corrected chi connectivity index (χ4v) is 2.65. The summed E-state index contributed by atoms with van der Waals surface area (Å²) in [7, 11) is -0.604. The van der Waals surface area contributed by atoms with Crippen molar-refractivity contribution >= 4 is 15.9 Å². The Balaban J connectivity index is 2.02. The Morgan fingerprint density at radius 3 is 2.86 bits per heavy atom. The highest BCUT2D eigenvalue weighted by atomic mass is 32.2. The van der Waals surface area contributed by atoms with E-state index in [4.69, 9.17) is 0 Å². The van der Waals surface area contributed by atoms with Gasteiger partial charge in [-0.3, -0.25) is 4.79 Å². The van der Waals surface area contributed by atoms with Gasteiger partial charge in [-0.05, 0) is 13.1 Å². The maximum Gasteiger partial charge on any atom is 0.267 e. The molecule has 0 aliphatic heterocycles. The average molecular weight is 311 g/mol. The molecule has 21 heavy (non-hydrogen) atoms. The van der Waals surface area contributed by atoms with Gasteiger partial charge in [0, 0.05) is 38.1 Å². The molecule has 0 bridgehead atoms. The summed E-state index contributed by atoms with van der Waals surface area (Å²) >= 11 is 0. The molecule has 0 saturated carbocycles. The number of rotatable bonds is 6. The summed E-state index contributed by atoms with van der Waals surface area (Å²) in [4.78, 5) is 18.9. The highest BCUT2D eigenvalue weighted by molar-refractivity contribution is 7.89. The molecule has 2 aromatic heterocycles. The van der Waals surface area contributed by atoms with Gasteiger partial charge in [0.25, 0.3) is 5.91 Å². The first kappa shape index (κ1) is 15.3. The molecular weight excluding hydrogens is 294 g/mol. The summed E-state index contributed by atoms with van der Waals surface area (Å²) in [5.74, 6) is -0.324. The normalized spacial score (nSPS) is 11.5. The van der Waals surface area contributed by atoms with E-state index in [0.29, 0.717) is 13.0 Å². The third kappa shape index (κ3) is 3.50. The first-order valence-corrected chi connectivity index (χ1v) is 7.77. The number of carbonyl (C=O) groups is 1. The van der Waals surface area contributed by atoms with Crippen LogP contribution in [0.3, 0.4) is 0 Å². The number of imidazole rings is 1. The molecule has 1 amide bonds. The molecule has 2 heterocycles. The maximum absolute atomic E-state index is 12.0. The summed E-state index contributed by atoms with van der Waals surface area (Å²) < 4.78 is 27.1.